The van der Waals surface area contributed by atoms with Crippen LogP contribution in [0.5, 0.6) is 11.5 Å². The molecule has 9 nitrogen and oxygen atoms in total. The van der Waals surface area contributed by atoms with Crippen molar-refractivity contribution in [2.45, 2.75) is 38.8 Å². The van der Waals surface area contributed by atoms with E-state index in [1.54, 1.807) is 0 Å². The zero-order valence-corrected chi connectivity index (χ0v) is 21.7. The van der Waals surface area contributed by atoms with Gasteiger partial charge in [-0.3, -0.25) is 19.7 Å². The zero-order chi connectivity index (χ0) is 27.3. The quantitative estimate of drug-likeness (QED) is 0.190. The minimum absolute atomic E-state index is 0.0262. The van der Waals surface area contributed by atoms with Crippen molar-refractivity contribution in [3.63, 3.8) is 0 Å². The number of methoxy groups -OCH3 is 1. The molecule has 0 heterocycles. The van der Waals surface area contributed by atoms with Gasteiger partial charge in [0.25, 0.3) is 5.91 Å². The number of rotatable bonds is 14. The summed E-state index contributed by atoms with van der Waals surface area (Å²) in [5.74, 6) is -0.354. The molecule has 0 saturated heterocycles. The van der Waals surface area contributed by atoms with Crippen LogP contribution in [0.25, 0.3) is 0 Å². The summed E-state index contributed by atoms with van der Waals surface area (Å²) in [6.07, 6.45) is 2.10. The third-order valence-electron chi connectivity index (χ3n) is 6.01. The van der Waals surface area contributed by atoms with Gasteiger partial charge in [0, 0.05) is 31.6 Å². The monoisotopic (exact) mass is 519 g/mol. The molecule has 0 fully saturated rings. The Morgan fingerprint density at radius 2 is 1.66 bits per heavy atom. The third kappa shape index (κ3) is 8.06. The second kappa shape index (κ2) is 14.4. The van der Waals surface area contributed by atoms with Crippen molar-refractivity contribution < 1.29 is 24.0 Å². The van der Waals surface area contributed by atoms with E-state index < -0.39 is 16.9 Å². The van der Waals surface area contributed by atoms with Crippen molar-refractivity contribution >= 4 is 17.5 Å². The van der Waals surface area contributed by atoms with Crippen molar-refractivity contribution in [2.24, 2.45) is 0 Å². The summed E-state index contributed by atoms with van der Waals surface area (Å²) < 4.78 is 10.8. The molecule has 0 saturated carbocycles. The molecule has 0 aliphatic heterocycles. The number of hydrogen-bond acceptors (Lipinski definition) is 6. The first-order valence-electron chi connectivity index (χ1n) is 12.5. The van der Waals surface area contributed by atoms with Crippen LogP contribution in [0.4, 0.5) is 5.69 Å². The number of carbonyl (C=O) groups is 2. The third-order valence-corrected chi connectivity index (χ3v) is 6.01. The highest BCUT2D eigenvalue weighted by Crippen LogP contribution is 2.30. The molecule has 2 amide bonds. The average Bonchev–Trinajstić information content (AvgIpc) is 2.94. The molecule has 0 radical (unpaired) electrons. The van der Waals surface area contributed by atoms with Crippen LogP contribution in [0.3, 0.4) is 0 Å². The number of hydrogen-bond donors (Lipinski definition) is 1. The minimum Gasteiger partial charge on any atom is -0.490 e. The molecule has 200 valence electrons. The maximum atomic E-state index is 13.6. The zero-order valence-electron chi connectivity index (χ0n) is 21.7. The summed E-state index contributed by atoms with van der Waals surface area (Å²) in [6.45, 7) is 2.42. The highest BCUT2D eigenvalue weighted by atomic mass is 16.6. The Labute approximate surface area is 222 Å². The lowest BCUT2D eigenvalue weighted by atomic mass is 10.0. The van der Waals surface area contributed by atoms with E-state index in [1.165, 1.54) is 30.2 Å². The summed E-state index contributed by atoms with van der Waals surface area (Å²) >= 11 is 0. The molecule has 38 heavy (non-hydrogen) atoms. The van der Waals surface area contributed by atoms with E-state index >= 15 is 0 Å². The van der Waals surface area contributed by atoms with Crippen LogP contribution in [-0.2, 0) is 22.6 Å². The summed E-state index contributed by atoms with van der Waals surface area (Å²) in [5, 5.41) is 14.2. The van der Waals surface area contributed by atoms with Gasteiger partial charge in [0.1, 0.15) is 11.8 Å². The van der Waals surface area contributed by atoms with Crippen LogP contribution >= 0.6 is 0 Å². The molecule has 0 bridgehead atoms. The molecule has 0 aromatic heterocycles. The number of ether oxygens (including phenoxy) is 2. The molecule has 0 aliphatic rings. The molecule has 1 unspecified atom stereocenters. The van der Waals surface area contributed by atoms with Crippen molar-refractivity contribution in [1.29, 1.82) is 0 Å². The topological polar surface area (TPSA) is 111 Å². The van der Waals surface area contributed by atoms with Crippen molar-refractivity contribution in [1.82, 2.24) is 10.2 Å². The number of carbonyl (C=O) groups excluding carboxylic acids is 2. The number of benzene rings is 3. The molecule has 0 spiro atoms. The van der Waals surface area contributed by atoms with Crippen LogP contribution in [0, 0.1) is 10.1 Å². The second-order valence-corrected chi connectivity index (χ2v) is 8.74. The lowest BCUT2D eigenvalue weighted by Gasteiger charge is -2.31. The number of nitro benzene ring substituents is 1. The van der Waals surface area contributed by atoms with Gasteiger partial charge in [0.2, 0.25) is 11.7 Å². The average molecular weight is 520 g/mol. The van der Waals surface area contributed by atoms with E-state index in [0.717, 1.165) is 24.0 Å². The van der Waals surface area contributed by atoms with Gasteiger partial charge in [-0.2, -0.15) is 0 Å². The summed E-state index contributed by atoms with van der Waals surface area (Å²) in [4.78, 5) is 39.2. The van der Waals surface area contributed by atoms with Crippen LogP contribution in [0.1, 0.15) is 30.9 Å². The normalized spacial score (nSPS) is 11.3. The summed E-state index contributed by atoms with van der Waals surface area (Å²) in [7, 11) is 1.32. The van der Waals surface area contributed by atoms with Gasteiger partial charge in [-0.25, -0.2) is 0 Å². The van der Waals surface area contributed by atoms with Crippen molar-refractivity contribution in [3.05, 3.63) is 100 Å². The van der Waals surface area contributed by atoms with Gasteiger partial charge in [0.05, 0.1) is 12.0 Å². The fraction of sp³-hybridized carbons (Fsp3) is 0.310. The van der Waals surface area contributed by atoms with Crippen LogP contribution in [0.2, 0.25) is 0 Å². The summed E-state index contributed by atoms with van der Waals surface area (Å²) in [5.41, 5.74) is 1.59. The lowest BCUT2D eigenvalue weighted by Crippen LogP contribution is -2.51. The number of amides is 2. The van der Waals surface area contributed by atoms with Gasteiger partial charge in [-0.05, 0) is 23.6 Å². The van der Waals surface area contributed by atoms with Gasteiger partial charge < -0.3 is 19.7 Å². The predicted octanol–water partition coefficient (Wildman–Crippen LogP) is 4.54. The van der Waals surface area contributed by atoms with Gasteiger partial charge in [0.15, 0.2) is 6.61 Å². The van der Waals surface area contributed by atoms with E-state index in [0.29, 0.717) is 13.0 Å². The Kier molecular flexibility index (Phi) is 10.7. The summed E-state index contributed by atoms with van der Waals surface area (Å²) in [6, 6.07) is 22.3. The fourth-order valence-corrected chi connectivity index (χ4v) is 3.97. The highest BCUT2D eigenvalue weighted by molar-refractivity contribution is 5.88. The Hall–Kier alpha value is -4.40. The number of nitro groups is 1. The molecule has 3 rings (SSSR count). The van der Waals surface area contributed by atoms with Crippen molar-refractivity contribution in [3.8, 4) is 11.5 Å². The van der Waals surface area contributed by atoms with Crippen LogP contribution < -0.4 is 14.8 Å². The Morgan fingerprint density at radius 3 is 2.26 bits per heavy atom. The standard InChI is InChI=1S/C29H33N3O6/c1-3-4-17-30-29(34)26(18-22-11-7-5-8-12-22)31(20-23-13-9-6-10-14-23)28(33)21-38-24-15-16-25(32(35)36)27(19-24)37-2/h5-16,19,26H,3-4,17-18,20-21H2,1-2H3,(H,30,34). The molecule has 0 aliphatic carbocycles. The largest absolute Gasteiger partial charge is 0.490 e. The van der Waals surface area contributed by atoms with E-state index in [2.05, 4.69) is 5.32 Å². The first-order chi connectivity index (χ1) is 18.4. The molecule has 1 atom stereocenters. The van der Waals surface area contributed by atoms with Gasteiger partial charge in [-0.15, -0.1) is 0 Å². The van der Waals surface area contributed by atoms with Crippen LogP contribution in [0.15, 0.2) is 78.9 Å². The fourth-order valence-electron chi connectivity index (χ4n) is 3.97. The van der Waals surface area contributed by atoms with Gasteiger partial charge in [-0.1, -0.05) is 74.0 Å². The van der Waals surface area contributed by atoms with Crippen LogP contribution in [-0.4, -0.2) is 47.9 Å². The predicted molar refractivity (Wildman–Crippen MR) is 144 cm³/mol. The smallest absolute Gasteiger partial charge is 0.311 e. The van der Waals surface area contributed by atoms with E-state index in [9.17, 15) is 19.7 Å². The molecule has 3 aromatic rings. The Bertz CT molecular complexity index is 1200. The molecule has 3 aromatic carbocycles. The Balaban J connectivity index is 1.87. The lowest BCUT2D eigenvalue weighted by molar-refractivity contribution is -0.385. The van der Waals surface area contributed by atoms with Gasteiger partial charge >= 0.3 is 5.69 Å². The first-order valence-corrected chi connectivity index (χ1v) is 12.5. The molecular formula is C29H33N3O6. The number of unbranched alkanes of at least 4 members (excludes halogenated alkanes) is 1. The number of nitrogens with one attached hydrogen (secondary N) is 1. The van der Waals surface area contributed by atoms with E-state index in [-0.39, 0.29) is 36.2 Å². The molecular weight excluding hydrogens is 486 g/mol. The molecule has 1 N–H and O–H groups in total. The first kappa shape index (κ1) is 28.2. The Morgan fingerprint density at radius 1 is 1.00 bits per heavy atom. The van der Waals surface area contributed by atoms with E-state index in [1.807, 2.05) is 67.6 Å². The SMILES string of the molecule is CCCCNC(=O)C(Cc1ccccc1)N(Cc1ccccc1)C(=O)COc1ccc([N+](=O)[O-])c(OC)c1. The maximum Gasteiger partial charge on any atom is 0.311 e. The minimum atomic E-state index is -0.767. The van der Waals surface area contributed by atoms with Crippen molar-refractivity contribution in [2.75, 3.05) is 20.3 Å². The molecule has 9 heteroatoms. The second-order valence-electron chi connectivity index (χ2n) is 8.74. The maximum absolute atomic E-state index is 13.6. The van der Waals surface area contributed by atoms with E-state index in [4.69, 9.17) is 9.47 Å². The number of nitrogens with zero attached hydrogens (tertiary/aromatic N) is 2. The highest BCUT2D eigenvalue weighted by Gasteiger charge is 2.30.